The van der Waals surface area contributed by atoms with Crippen LogP contribution in [0.3, 0.4) is 0 Å². The number of halogens is 1. The number of anilines is 5. The van der Waals surface area contributed by atoms with Crippen molar-refractivity contribution in [3.8, 4) is 16.9 Å². The number of rotatable bonds is 7. The lowest BCUT2D eigenvalue weighted by Crippen LogP contribution is -2.20. The molecule has 5 rings (SSSR count). The van der Waals surface area contributed by atoms with Gasteiger partial charge in [-0.2, -0.15) is 10.1 Å². The van der Waals surface area contributed by atoms with Crippen molar-refractivity contribution in [1.29, 1.82) is 0 Å². The fourth-order valence-corrected chi connectivity index (χ4v) is 5.95. The number of nitrogens with zero attached hydrogens (tertiary/aromatic N) is 5. The Balaban J connectivity index is 1.52. The number of likely N-dealkylation sites (N-methyl/N-ethyl adjacent to an activating group) is 1. The molecule has 0 unspecified atom stereocenters. The van der Waals surface area contributed by atoms with E-state index in [-0.39, 0.29) is 7.92 Å². The first-order valence-corrected chi connectivity index (χ1v) is 15.2. The van der Waals surface area contributed by atoms with Crippen molar-refractivity contribution in [2.24, 2.45) is 0 Å². The molecule has 0 fully saturated rings. The molecule has 2 aromatic heterocycles. The highest BCUT2D eigenvalue weighted by Gasteiger charge is 2.24. The second-order valence-corrected chi connectivity index (χ2v) is 12.2. The van der Waals surface area contributed by atoms with Gasteiger partial charge in [0.2, 0.25) is 5.95 Å². The Morgan fingerprint density at radius 3 is 2.65 bits per heavy atom. The zero-order valence-electron chi connectivity index (χ0n) is 21.7. The van der Waals surface area contributed by atoms with Gasteiger partial charge < -0.3 is 20.3 Å². The molecule has 0 radical (unpaired) electrons. The number of nitrogens with one attached hydrogen (secondary N) is 2. The van der Waals surface area contributed by atoms with Crippen molar-refractivity contribution in [2.45, 2.75) is 19.9 Å². The Hall–Kier alpha value is -3.16. The molecule has 8 nitrogen and oxygen atoms in total. The maximum Gasteiger partial charge on any atom is 0.229 e. The molecule has 0 bridgehead atoms. The minimum Gasteiger partial charge on any atom is -0.494 e. The van der Waals surface area contributed by atoms with E-state index in [1.54, 1.807) is 13.3 Å². The van der Waals surface area contributed by atoms with Crippen LogP contribution in [0.25, 0.3) is 11.1 Å². The van der Waals surface area contributed by atoms with Crippen LogP contribution in [0.15, 0.2) is 53.3 Å². The molecule has 0 atom stereocenters. The molecule has 0 saturated heterocycles. The zero-order valence-corrected chi connectivity index (χ0v) is 24.2. The molecular formula is C27H31BrN7OP. The van der Waals surface area contributed by atoms with E-state index in [9.17, 15) is 0 Å². The first-order chi connectivity index (χ1) is 17.9. The number of hydrogen-bond donors (Lipinski definition) is 2. The molecule has 1 aliphatic rings. The molecule has 0 spiro atoms. The summed E-state index contributed by atoms with van der Waals surface area (Å²) in [5.41, 5.74) is 6.48. The van der Waals surface area contributed by atoms with Gasteiger partial charge in [0.05, 0.1) is 23.5 Å². The highest BCUT2D eigenvalue weighted by Crippen LogP contribution is 2.43. The Morgan fingerprint density at radius 1 is 1.08 bits per heavy atom. The van der Waals surface area contributed by atoms with Gasteiger partial charge in [0.15, 0.2) is 0 Å². The van der Waals surface area contributed by atoms with E-state index in [1.165, 1.54) is 11.0 Å². The van der Waals surface area contributed by atoms with Gasteiger partial charge in [-0.3, -0.25) is 4.68 Å². The van der Waals surface area contributed by atoms with Gasteiger partial charge in [-0.15, -0.1) is 0 Å². The molecule has 3 heterocycles. The van der Waals surface area contributed by atoms with Crippen LogP contribution in [0.2, 0.25) is 0 Å². The standard InChI is InChI=1S/C27H31BrN7OP/c1-6-35-22-11-12-34(2)23-14-24(36-3)21(13-17(23)18(22)15-30-35)32-27-29-16-19(28)26(33-27)31-20-9-7-8-10-25(20)37(4)5/h7-10,13-16H,6,11-12H2,1-5H3,(H2,29,31,32,33). The molecular weight excluding hydrogens is 549 g/mol. The van der Waals surface area contributed by atoms with Crippen LogP contribution in [0.1, 0.15) is 12.6 Å². The number of para-hydroxylation sites is 1. The molecule has 0 aliphatic carbocycles. The van der Waals surface area contributed by atoms with Gasteiger partial charge >= 0.3 is 0 Å². The van der Waals surface area contributed by atoms with E-state index >= 15 is 0 Å². The number of aromatic nitrogens is 4. The molecule has 192 valence electrons. The minimum atomic E-state index is -0.272. The SMILES string of the molecule is CCn1ncc2c1CCN(C)c1cc(OC)c(Nc3ncc(Br)c(Nc4ccccc4P(C)C)n3)cc1-2. The topological polar surface area (TPSA) is 80.1 Å². The molecule has 2 N–H and O–H groups in total. The summed E-state index contributed by atoms with van der Waals surface area (Å²) in [4.78, 5) is 11.6. The van der Waals surface area contributed by atoms with E-state index < -0.39 is 0 Å². The maximum atomic E-state index is 5.79. The summed E-state index contributed by atoms with van der Waals surface area (Å²) in [5, 5.41) is 12.8. The van der Waals surface area contributed by atoms with Crippen LogP contribution >= 0.6 is 23.9 Å². The molecule has 0 saturated carbocycles. The molecule has 2 aromatic carbocycles. The van der Waals surface area contributed by atoms with E-state index in [0.717, 1.165) is 57.9 Å². The predicted molar refractivity (Wildman–Crippen MR) is 158 cm³/mol. The minimum absolute atomic E-state index is 0.272. The highest BCUT2D eigenvalue weighted by molar-refractivity contribution is 9.10. The number of methoxy groups -OCH3 is 1. The quantitative estimate of drug-likeness (QED) is 0.261. The van der Waals surface area contributed by atoms with Crippen molar-refractivity contribution < 1.29 is 4.74 Å². The van der Waals surface area contributed by atoms with E-state index in [0.29, 0.717) is 11.8 Å². The maximum absolute atomic E-state index is 5.79. The van der Waals surface area contributed by atoms with Crippen molar-refractivity contribution >= 4 is 58.0 Å². The Bertz CT molecular complexity index is 1440. The highest BCUT2D eigenvalue weighted by atomic mass is 79.9. The second kappa shape index (κ2) is 10.7. The van der Waals surface area contributed by atoms with Gasteiger partial charge in [0.1, 0.15) is 11.6 Å². The van der Waals surface area contributed by atoms with E-state index in [4.69, 9.17) is 9.72 Å². The van der Waals surface area contributed by atoms with E-state index in [1.807, 2.05) is 12.3 Å². The third kappa shape index (κ3) is 5.03. The zero-order chi connectivity index (χ0) is 26.1. The molecule has 37 heavy (non-hydrogen) atoms. The number of benzene rings is 2. The van der Waals surface area contributed by atoms with Crippen LogP contribution < -0.4 is 25.6 Å². The predicted octanol–water partition coefficient (Wildman–Crippen LogP) is 5.98. The van der Waals surface area contributed by atoms with Gasteiger partial charge in [-0.25, -0.2) is 4.98 Å². The molecule has 1 aliphatic heterocycles. The fraction of sp³-hybridized carbons (Fsp3) is 0.296. The largest absolute Gasteiger partial charge is 0.494 e. The smallest absolute Gasteiger partial charge is 0.229 e. The molecule has 0 amide bonds. The third-order valence-electron chi connectivity index (χ3n) is 6.58. The lowest BCUT2D eigenvalue weighted by molar-refractivity contribution is 0.417. The Kier molecular flexibility index (Phi) is 7.36. The summed E-state index contributed by atoms with van der Waals surface area (Å²) >= 11 is 3.61. The van der Waals surface area contributed by atoms with Crippen LogP contribution in [0.5, 0.6) is 5.75 Å². The number of ether oxygens (including phenoxy) is 1. The van der Waals surface area contributed by atoms with Crippen LogP contribution in [-0.2, 0) is 13.0 Å². The average Bonchev–Trinajstić information content (AvgIpc) is 3.26. The lowest BCUT2D eigenvalue weighted by atomic mass is 10.0. The molecule has 10 heteroatoms. The van der Waals surface area contributed by atoms with Gasteiger partial charge in [0.25, 0.3) is 0 Å². The van der Waals surface area contributed by atoms with Crippen LogP contribution in [0, 0.1) is 0 Å². The third-order valence-corrected chi connectivity index (χ3v) is 8.51. The number of aryl methyl sites for hydroxylation is 1. The summed E-state index contributed by atoms with van der Waals surface area (Å²) in [6.07, 6.45) is 4.66. The van der Waals surface area contributed by atoms with Gasteiger partial charge in [-0.1, -0.05) is 26.1 Å². The van der Waals surface area contributed by atoms with Crippen LogP contribution in [-0.4, -0.2) is 53.8 Å². The summed E-state index contributed by atoms with van der Waals surface area (Å²) in [6.45, 7) is 8.37. The summed E-state index contributed by atoms with van der Waals surface area (Å²) in [5.74, 6) is 1.90. The average molecular weight is 580 g/mol. The number of hydrogen-bond acceptors (Lipinski definition) is 7. The first-order valence-electron chi connectivity index (χ1n) is 12.2. The van der Waals surface area contributed by atoms with E-state index in [2.05, 4.69) is 104 Å². The van der Waals surface area contributed by atoms with Crippen molar-refractivity contribution in [1.82, 2.24) is 19.7 Å². The summed E-state index contributed by atoms with van der Waals surface area (Å²) in [6, 6.07) is 12.5. The van der Waals surface area contributed by atoms with Crippen LogP contribution in [0.4, 0.5) is 28.8 Å². The number of fused-ring (bicyclic) bond motifs is 3. The first kappa shape index (κ1) is 25.5. The van der Waals surface area contributed by atoms with Crippen molar-refractivity contribution in [2.75, 3.05) is 49.6 Å². The molecule has 4 aromatic rings. The normalized spacial score (nSPS) is 12.7. The second-order valence-electron chi connectivity index (χ2n) is 9.11. The summed E-state index contributed by atoms with van der Waals surface area (Å²) < 4.78 is 8.66. The Morgan fingerprint density at radius 2 is 1.89 bits per heavy atom. The van der Waals surface area contributed by atoms with Crippen molar-refractivity contribution in [3.63, 3.8) is 0 Å². The van der Waals surface area contributed by atoms with Crippen molar-refractivity contribution in [3.05, 3.63) is 59.0 Å². The lowest BCUT2D eigenvalue weighted by Gasteiger charge is -2.22. The fourth-order valence-electron chi connectivity index (χ4n) is 4.67. The van der Waals surface area contributed by atoms with Gasteiger partial charge in [0, 0.05) is 67.0 Å². The monoisotopic (exact) mass is 579 g/mol. The Labute approximate surface area is 227 Å². The van der Waals surface area contributed by atoms with Gasteiger partial charge in [-0.05, 0) is 53.6 Å². The summed E-state index contributed by atoms with van der Waals surface area (Å²) in [7, 11) is 3.53.